The Balaban J connectivity index is 4.06. The molecule has 5 nitrogen and oxygen atoms in total. The number of rotatable bonds is 9. The number of ether oxygens (including phenoxy) is 1. The molecule has 0 rings (SSSR count). The van der Waals surface area contributed by atoms with Gasteiger partial charge in [-0.3, -0.25) is 14.5 Å². The number of methoxy groups -OCH3 is 1. The normalized spacial score (nSPS) is 10.5. The Kier molecular flexibility index (Phi) is 9.28. The number of likely N-dealkylation sites (N-methyl/N-ethyl adjacent to an activating group) is 1. The monoisotopic (exact) mass is 258 g/mol. The fourth-order valence-electron chi connectivity index (χ4n) is 1.70. The maximum Gasteiger partial charge on any atom is 0.306 e. The van der Waals surface area contributed by atoms with E-state index < -0.39 is 0 Å². The number of hydrogen-bond acceptors (Lipinski definition) is 4. The van der Waals surface area contributed by atoms with Gasteiger partial charge in [0.2, 0.25) is 5.91 Å². The van der Waals surface area contributed by atoms with Gasteiger partial charge in [-0.05, 0) is 19.9 Å². The van der Waals surface area contributed by atoms with E-state index in [9.17, 15) is 9.59 Å². The van der Waals surface area contributed by atoms with Crippen LogP contribution in [0.4, 0.5) is 0 Å². The van der Waals surface area contributed by atoms with Gasteiger partial charge in [-0.1, -0.05) is 13.8 Å². The molecule has 106 valence electrons. The first-order chi connectivity index (χ1) is 8.54. The van der Waals surface area contributed by atoms with Crippen molar-refractivity contribution in [2.45, 2.75) is 33.1 Å². The SMILES string of the molecule is CCCN(CCC)C(=O)CN(C)CCC(=O)OC. The highest BCUT2D eigenvalue weighted by Crippen LogP contribution is 1.98. The number of hydrogen-bond donors (Lipinski definition) is 0. The Morgan fingerprint density at radius 3 is 2.06 bits per heavy atom. The van der Waals surface area contributed by atoms with Gasteiger partial charge >= 0.3 is 5.97 Å². The molecule has 18 heavy (non-hydrogen) atoms. The van der Waals surface area contributed by atoms with Gasteiger partial charge < -0.3 is 9.64 Å². The zero-order chi connectivity index (χ0) is 14.0. The van der Waals surface area contributed by atoms with Crippen LogP contribution in [0.15, 0.2) is 0 Å². The van der Waals surface area contributed by atoms with E-state index in [4.69, 9.17) is 0 Å². The summed E-state index contributed by atoms with van der Waals surface area (Å²) >= 11 is 0. The van der Waals surface area contributed by atoms with E-state index in [1.165, 1.54) is 7.11 Å². The lowest BCUT2D eigenvalue weighted by molar-refractivity contribution is -0.141. The van der Waals surface area contributed by atoms with Crippen molar-refractivity contribution in [2.24, 2.45) is 0 Å². The van der Waals surface area contributed by atoms with E-state index in [1.807, 2.05) is 16.8 Å². The number of carbonyl (C=O) groups excluding carboxylic acids is 2. The van der Waals surface area contributed by atoms with Crippen molar-refractivity contribution >= 4 is 11.9 Å². The quantitative estimate of drug-likeness (QED) is 0.582. The van der Waals surface area contributed by atoms with Crippen LogP contribution < -0.4 is 0 Å². The molecule has 0 atom stereocenters. The average molecular weight is 258 g/mol. The molecular formula is C13H26N2O3. The minimum absolute atomic E-state index is 0.131. The molecule has 0 bridgehead atoms. The predicted molar refractivity (Wildman–Crippen MR) is 71.3 cm³/mol. The molecule has 0 aromatic carbocycles. The van der Waals surface area contributed by atoms with Gasteiger partial charge in [-0.15, -0.1) is 0 Å². The molecule has 0 aliphatic rings. The summed E-state index contributed by atoms with van der Waals surface area (Å²) in [6, 6.07) is 0. The number of amides is 1. The van der Waals surface area contributed by atoms with Crippen LogP contribution in [0.1, 0.15) is 33.1 Å². The summed E-state index contributed by atoms with van der Waals surface area (Å²) in [5.41, 5.74) is 0. The van der Waals surface area contributed by atoms with E-state index >= 15 is 0 Å². The average Bonchev–Trinajstić information content (AvgIpc) is 2.35. The van der Waals surface area contributed by atoms with Crippen molar-refractivity contribution in [3.05, 3.63) is 0 Å². The highest BCUT2D eigenvalue weighted by atomic mass is 16.5. The van der Waals surface area contributed by atoms with Gasteiger partial charge in [0, 0.05) is 19.6 Å². The van der Waals surface area contributed by atoms with Gasteiger partial charge in [0.05, 0.1) is 20.1 Å². The van der Waals surface area contributed by atoms with E-state index in [0.717, 1.165) is 25.9 Å². The molecule has 1 amide bonds. The highest BCUT2D eigenvalue weighted by Gasteiger charge is 2.14. The van der Waals surface area contributed by atoms with Crippen LogP contribution in [0.3, 0.4) is 0 Å². The molecule has 0 aromatic heterocycles. The van der Waals surface area contributed by atoms with Crippen LogP contribution in [0, 0.1) is 0 Å². The van der Waals surface area contributed by atoms with E-state index in [2.05, 4.69) is 18.6 Å². The van der Waals surface area contributed by atoms with E-state index in [1.54, 1.807) is 0 Å². The highest BCUT2D eigenvalue weighted by molar-refractivity contribution is 5.78. The van der Waals surface area contributed by atoms with Crippen molar-refractivity contribution in [1.82, 2.24) is 9.80 Å². The summed E-state index contributed by atoms with van der Waals surface area (Å²) < 4.78 is 4.57. The van der Waals surface area contributed by atoms with Gasteiger partial charge in [0.15, 0.2) is 0 Å². The Morgan fingerprint density at radius 1 is 1.06 bits per heavy atom. The first kappa shape index (κ1) is 16.9. The summed E-state index contributed by atoms with van der Waals surface area (Å²) in [5, 5.41) is 0. The van der Waals surface area contributed by atoms with Gasteiger partial charge in [-0.2, -0.15) is 0 Å². The van der Waals surface area contributed by atoms with Crippen molar-refractivity contribution in [3.8, 4) is 0 Å². The number of esters is 1. The second kappa shape index (κ2) is 9.88. The molecule has 0 radical (unpaired) electrons. The third kappa shape index (κ3) is 7.27. The lowest BCUT2D eigenvalue weighted by atomic mass is 10.3. The van der Waals surface area contributed by atoms with Crippen LogP contribution in [0.2, 0.25) is 0 Å². The molecule has 5 heteroatoms. The summed E-state index contributed by atoms with van der Waals surface area (Å²) in [6.45, 7) is 6.64. The molecule has 0 aliphatic carbocycles. The van der Waals surface area contributed by atoms with Gasteiger partial charge in [0.1, 0.15) is 0 Å². The van der Waals surface area contributed by atoms with E-state index in [-0.39, 0.29) is 11.9 Å². The second-order valence-corrected chi connectivity index (χ2v) is 4.44. The van der Waals surface area contributed by atoms with Crippen LogP contribution in [0.25, 0.3) is 0 Å². The summed E-state index contributed by atoms with van der Waals surface area (Å²) in [6.07, 6.45) is 2.26. The summed E-state index contributed by atoms with van der Waals surface area (Å²) in [7, 11) is 3.22. The lowest BCUT2D eigenvalue weighted by Crippen LogP contribution is -2.40. The third-order valence-corrected chi connectivity index (χ3v) is 2.67. The minimum atomic E-state index is -0.242. The van der Waals surface area contributed by atoms with Crippen molar-refractivity contribution in [1.29, 1.82) is 0 Å². The maximum atomic E-state index is 12.0. The molecule has 0 spiro atoms. The molecule has 0 saturated heterocycles. The molecular weight excluding hydrogens is 232 g/mol. The minimum Gasteiger partial charge on any atom is -0.469 e. The van der Waals surface area contributed by atoms with Crippen molar-refractivity contribution < 1.29 is 14.3 Å². The molecule has 0 saturated carbocycles. The van der Waals surface area contributed by atoms with Crippen LogP contribution in [-0.4, -0.2) is 62.0 Å². The van der Waals surface area contributed by atoms with Crippen molar-refractivity contribution in [3.63, 3.8) is 0 Å². The fourth-order valence-corrected chi connectivity index (χ4v) is 1.70. The Labute approximate surface area is 110 Å². The Hall–Kier alpha value is -1.10. The third-order valence-electron chi connectivity index (χ3n) is 2.67. The lowest BCUT2D eigenvalue weighted by Gasteiger charge is -2.24. The maximum absolute atomic E-state index is 12.0. The second-order valence-electron chi connectivity index (χ2n) is 4.44. The smallest absolute Gasteiger partial charge is 0.306 e. The Bertz CT molecular complexity index is 251. The van der Waals surface area contributed by atoms with Crippen LogP contribution in [0.5, 0.6) is 0 Å². The molecule has 0 fully saturated rings. The molecule has 0 heterocycles. The zero-order valence-corrected chi connectivity index (χ0v) is 12.1. The summed E-state index contributed by atoms with van der Waals surface area (Å²) in [4.78, 5) is 26.8. The first-order valence-electron chi connectivity index (χ1n) is 6.58. The zero-order valence-electron chi connectivity index (χ0n) is 12.1. The molecule has 0 aromatic rings. The predicted octanol–water partition coefficient (Wildman–Crippen LogP) is 1.13. The van der Waals surface area contributed by atoms with E-state index in [0.29, 0.717) is 19.5 Å². The van der Waals surface area contributed by atoms with Crippen LogP contribution >= 0.6 is 0 Å². The topological polar surface area (TPSA) is 49.9 Å². The Morgan fingerprint density at radius 2 is 1.61 bits per heavy atom. The largest absolute Gasteiger partial charge is 0.469 e. The van der Waals surface area contributed by atoms with Crippen LogP contribution in [-0.2, 0) is 14.3 Å². The molecule has 0 aliphatic heterocycles. The standard InChI is InChI=1S/C13H26N2O3/c1-5-8-15(9-6-2)12(16)11-14(3)10-7-13(17)18-4/h5-11H2,1-4H3. The summed E-state index contributed by atoms with van der Waals surface area (Å²) in [5.74, 6) is -0.112. The number of carbonyl (C=O) groups is 2. The first-order valence-corrected chi connectivity index (χ1v) is 6.58. The molecule has 0 N–H and O–H groups in total. The fraction of sp³-hybridized carbons (Fsp3) is 0.846. The van der Waals surface area contributed by atoms with Crippen molar-refractivity contribution in [2.75, 3.05) is 40.3 Å². The number of nitrogens with zero attached hydrogens (tertiary/aromatic N) is 2. The molecule has 0 unspecified atom stereocenters. The van der Waals surface area contributed by atoms with Gasteiger partial charge in [-0.25, -0.2) is 0 Å². The van der Waals surface area contributed by atoms with Gasteiger partial charge in [0.25, 0.3) is 0 Å².